The molecule has 0 bridgehead atoms. The molecular formula is C12H6N4O5. The first kappa shape index (κ1) is 12.7. The number of fused-ring (bicyclic) bond motifs is 3. The van der Waals surface area contributed by atoms with Gasteiger partial charge < -0.3 is 0 Å². The summed E-state index contributed by atoms with van der Waals surface area (Å²) in [7, 11) is 0. The number of benzene rings is 1. The van der Waals surface area contributed by atoms with Crippen LogP contribution >= 0.6 is 0 Å². The smallest absolute Gasteiger partial charge is 0.295 e. The first-order chi connectivity index (χ1) is 9.99. The monoisotopic (exact) mass is 286 g/mol. The predicted octanol–water partition coefficient (Wildman–Crippen LogP) is 1.66. The van der Waals surface area contributed by atoms with Gasteiger partial charge in [0.05, 0.1) is 21.3 Å². The van der Waals surface area contributed by atoms with E-state index in [4.69, 9.17) is 0 Å². The van der Waals surface area contributed by atoms with Crippen LogP contribution in [0.15, 0.2) is 41.3 Å². The third-order valence-electron chi connectivity index (χ3n) is 3.01. The molecule has 0 N–H and O–H groups in total. The van der Waals surface area contributed by atoms with Crippen molar-refractivity contribution in [2.75, 3.05) is 0 Å². The Morgan fingerprint density at radius 1 is 1.10 bits per heavy atom. The summed E-state index contributed by atoms with van der Waals surface area (Å²) in [5.41, 5.74) is -1.57. The van der Waals surface area contributed by atoms with Crippen LogP contribution in [0.1, 0.15) is 0 Å². The molecule has 3 aromatic rings. The fraction of sp³-hybridized carbons (Fsp3) is 0. The second-order valence-electron chi connectivity index (χ2n) is 4.22. The van der Waals surface area contributed by atoms with Crippen molar-refractivity contribution in [3.05, 3.63) is 67.1 Å². The number of pyridine rings is 1. The van der Waals surface area contributed by atoms with E-state index in [1.807, 2.05) is 0 Å². The number of rotatable bonds is 2. The van der Waals surface area contributed by atoms with Crippen LogP contribution in [0.4, 0.5) is 11.4 Å². The molecule has 0 radical (unpaired) electrons. The highest BCUT2D eigenvalue weighted by atomic mass is 16.6. The second kappa shape index (κ2) is 4.34. The molecule has 0 aliphatic carbocycles. The zero-order valence-electron chi connectivity index (χ0n) is 10.3. The molecule has 0 aliphatic rings. The molecule has 2 aromatic heterocycles. The lowest BCUT2D eigenvalue weighted by Crippen LogP contribution is -2.12. The molecule has 0 amide bonds. The molecule has 2 heterocycles. The lowest BCUT2D eigenvalue weighted by atomic mass is 10.2. The Balaban J connectivity index is 2.64. The fourth-order valence-corrected chi connectivity index (χ4v) is 2.14. The van der Waals surface area contributed by atoms with Crippen LogP contribution in [0, 0.1) is 20.2 Å². The zero-order valence-corrected chi connectivity index (χ0v) is 10.3. The molecule has 9 nitrogen and oxygen atoms in total. The van der Waals surface area contributed by atoms with E-state index in [1.165, 1.54) is 16.7 Å². The number of aromatic nitrogens is 2. The molecule has 0 aliphatic heterocycles. The maximum atomic E-state index is 12.0. The van der Waals surface area contributed by atoms with Crippen LogP contribution in [-0.2, 0) is 0 Å². The third-order valence-corrected chi connectivity index (χ3v) is 3.01. The van der Waals surface area contributed by atoms with E-state index in [9.17, 15) is 25.0 Å². The van der Waals surface area contributed by atoms with Gasteiger partial charge in [0, 0.05) is 12.3 Å². The summed E-state index contributed by atoms with van der Waals surface area (Å²) in [6, 6.07) is 6.60. The first-order valence-corrected chi connectivity index (χ1v) is 5.73. The minimum absolute atomic E-state index is 0.0128. The van der Waals surface area contributed by atoms with Gasteiger partial charge in [-0.25, -0.2) is 0 Å². The van der Waals surface area contributed by atoms with Gasteiger partial charge in [0.2, 0.25) is 0 Å². The SMILES string of the molecule is O=c1nc2ccccn2c2c([N+](=O)[O-])cc([N+](=O)[O-])cc12. The normalized spacial score (nSPS) is 10.9. The van der Waals surface area contributed by atoms with Gasteiger partial charge in [-0.3, -0.25) is 29.4 Å². The van der Waals surface area contributed by atoms with Crippen LogP contribution < -0.4 is 5.56 Å². The Morgan fingerprint density at radius 2 is 1.86 bits per heavy atom. The molecule has 0 atom stereocenters. The van der Waals surface area contributed by atoms with E-state index in [2.05, 4.69) is 4.98 Å². The van der Waals surface area contributed by atoms with E-state index in [0.29, 0.717) is 0 Å². The highest BCUT2D eigenvalue weighted by Crippen LogP contribution is 2.29. The van der Waals surface area contributed by atoms with Crippen molar-refractivity contribution in [3.63, 3.8) is 0 Å². The Kier molecular flexibility index (Phi) is 2.61. The van der Waals surface area contributed by atoms with Gasteiger partial charge in [0.15, 0.2) is 0 Å². The van der Waals surface area contributed by atoms with E-state index >= 15 is 0 Å². The summed E-state index contributed by atoms with van der Waals surface area (Å²) in [4.78, 5) is 36.2. The van der Waals surface area contributed by atoms with Gasteiger partial charge in [-0.05, 0) is 12.1 Å². The molecule has 0 saturated carbocycles. The average molecular weight is 286 g/mol. The van der Waals surface area contributed by atoms with Crippen molar-refractivity contribution in [1.29, 1.82) is 0 Å². The van der Waals surface area contributed by atoms with Crippen LogP contribution in [0.25, 0.3) is 16.6 Å². The number of nitro groups is 2. The molecule has 21 heavy (non-hydrogen) atoms. The second-order valence-corrected chi connectivity index (χ2v) is 4.22. The maximum Gasteiger partial charge on any atom is 0.300 e. The third kappa shape index (κ3) is 1.87. The quantitative estimate of drug-likeness (QED) is 0.401. The first-order valence-electron chi connectivity index (χ1n) is 5.73. The zero-order chi connectivity index (χ0) is 15.1. The standard InChI is InChI=1S/C12H6N4O5/c17-12-8-5-7(15(18)19)6-9(16(20)21)11(8)14-4-2-1-3-10(14)13-12/h1-6H. The maximum absolute atomic E-state index is 12.0. The van der Waals surface area contributed by atoms with Gasteiger partial charge in [0.25, 0.3) is 11.2 Å². The van der Waals surface area contributed by atoms with Crippen LogP contribution in [0.3, 0.4) is 0 Å². The molecule has 0 saturated heterocycles. The Bertz CT molecular complexity index is 978. The van der Waals surface area contributed by atoms with E-state index < -0.39 is 26.8 Å². The number of non-ortho nitro benzene ring substituents is 2. The summed E-state index contributed by atoms with van der Waals surface area (Å²) in [6.07, 6.45) is 1.50. The minimum atomic E-state index is -0.786. The van der Waals surface area contributed by atoms with Crippen LogP contribution in [0.5, 0.6) is 0 Å². The van der Waals surface area contributed by atoms with Crippen molar-refractivity contribution >= 4 is 27.9 Å². The Hall–Kier alpha value is -3.36. The minimum Gasteiger partial charge on any atom is -0.295 e. The molecule has 104 valence electrons. The Morgan fingerprint density at radius 3 is 2.52 bits per heavy atom. The van der Waals surface area contributed by atoms with E-state index in [0.717, 1.165) is 12.1 Å². The lowest BCUT2D eigenvalue weighted by Gasteiger charge is -2.05. The lowest BCUT2D eigenvalue weighted by molar-refractivity contribution is -0.393. The molecular weight excluding hydrogens is 280 g/mol. The highest BCUT2D eigenvalue weighted by molar-refractivity contribution is 5.90. The number of hydrogen-bond acceptors (Lipinski definition) is 6. The molecule has 3 rings (SSSR count). The number of nitrogens with zero attached hydrogens (tertiary/aromatic N) is 4. The van der Waals surface area contributed by atoms with Crippen molar-refractivity contribution in [2.45, 2.75) is 0 Å². The largest absolute Gasteiger partial charge is 0.300 e. The summed E-state index contributed by atoms with van der Waals surface area (Å²) in [6.45, 7) is 0. The highest BCUT2D eigenvalue weighted by Gasteiger charge is 2.23. The molecule has 0 unspecified atom stereocenters. The van der Waals surface area contributed by atoms with Gasteiger partial charge in [-0.15, -0.1) is 0 Å². The molecule has 0 fully saturated rings. The number of hydrogen-bond donors (Lipinski definition) is 0. The molecule has 0 spiro atoms. The van der Waals surface area contributed by atoms with Gasteiger partial charge >= 0.3 is 5.69 Å². The summed E-state index contributed by atoms with van der Waals surface area (Å²) in [5.74, 6) is 0. The Labute approximate surface area is 115 Å². The van der Waals surface area contributed by atoms with Crippen molar-refractivity contribution in [3.8, 4) is 0 Å². The molecule has 1 aromatic carbocycles. The van der Waals surface area contributed by atoms with Crippen molar-refractivity contribution in [2.24, 2.45) is 0 Å². The number of nitro benzene ring substituents is 2. The molecule has 9 heteroatoms. The average Bonchev–Trinajstić information content (AvgIpc) is 2.46. The van der Waals surface area contributed by atoms with Gasteiger partial charge in [0.1, 0.15) is 11.2 Å². The summed E-state index contributed by atoms with van der Waals surface area (Å²) in [5, 5.41) is 21.9. The van der Waals surface area contributed by atoms with Crippen LogP contribution in [0.2, 0.25) is 0 Å². The topological polar surface area (TPSA) is 121 Å². The van der Waals surface area contributed by atoms with Crippen LogP contribution in [-0.4, -0.2) is 19.2 Å². The van der Waals surface area contributed by atoms with Gasteiger partial charge in [-0.1, -0.05) is 6.07 Å². The van der Waals surface area contributed by atoms with Gasteiger partial charge in [-0.2, -0.15) is 4.98 Å². The van der Waals surface area contributed by atoms with Crippen molar-refractivity contribution in [1.82, 2.24) is 9.38 Å². The summed E-state index contributed by atoms with van der Waals surface area (Å²) < 4.78 is 1.36. The fourth-order valence-electron chi connectivity index (χ4n) is 2.14. The van der Waals surface area contributed by atoms with Crippen molar-refractivity contribution < 1.29 is 9.85 Å². The summed E-state index contributed by atoms with van der Waals surface area (Å²) >= 11 is 0. The van der Waals surface area contributed by atoms with E-state index in [-0.39, 0.29) is 16.6 Å². The predicted molar refractivity (Wildman–Crippen MR) is 72.3 cm³/mol. The van der Waals surface area contributed by atoms with E-state index in [1.54, 1.807) is 12.1 Å².